The Hall–Kier alpha value is -2.76. The number of hydrogen-bond donors (Lipinski definition) is 0. The third-order valence-corrected chi connectivity index (χ3v) is 10.7. The molecule has 0 saturated carbocycles. The molecular formula is C22H16F8NO3PS. The third kappa shape index (κ3) is 5.05. The lowest BCUT2D eigenvalue weighted by Gasteiger charge is -2.30. The number of halogens is 8. The van der Waals surface area contributed by atoms with E-state index in [4.69, 9.17) is 0 Å². The molecule has 194 valence electrons. The molecule has 0 N–H and O–H groups in total. The van der Waals surface area contributed by atoms with Gasteiger partial charge in [-0.15, -0.1) is 0 Å². The second kappa shape index (κ2) is 9.95. The Labute approximate surface area is 200 Å². The lowest BCUT2D eigenvalue weighted by Crippen LogP contribution is -2.52. The van der Waals surface area contributed by atoms with Gasteiger partial charge in [-0.2, -0.15) is 38.9 Å². The van der Waals surface area contributed by atoms with Crippen LogP contribution in [0.15, 0.2) is 95.1 Å². The maximum Gasteiger partial charge on any atom is 0.455 e. The molecule has 3 aromatic rings. The van der Waals surface area contributed by atoms with Gasteiger partial charge in [0.15, 0.2) is 0 Å². The summed E-state index contributed by atoms with van der Waals surface area (Å²) in [7, 11) is -10.8. The molecule has 0 fully saturated rings. The third-order valence-electron chi connectivity index (χ3n) is 4.80. The van der Waals surface area contributed by atoms with Gasteiger partial charge >= 0.3 is 33.9 Å². The molecule has 0 aromatic heterocycles. The van der Waals surface area contributed by atoms with Crippen molar-refractivity contribution >= 4 is 33.0 Å². The monoisotopic (exact) mass is 557 g/mol. The molecule has 0 heterocycles. The van der Waals surface area contributed by atoms with E-state index in [0.29, 0.717) is 0 Å². The topological polar surface area (TPSA) is 55.7 Å². The molecule has 0 amide bonds. The molecule has 0 saturated heterocycles. The summed E-state index contributed by atoms with van der Waals surface area (Å²) >= 11 is 0. The molecule has 36 heavy (non-hydrogen) atoms. The van der Waals surface area contributed by atoms with Gasteiger partial charge in [0.05, 0.1) is 7.05 Å². The molecule has 0 radical (unpaired) electrons. The fraction of sp³-hybridized carbons (Fsp3) is 0.182. The van der Waals surface area contributed by atoms with Crippen molar-refractivity contribution in [1.82, 2.24) is 0 Å². The van der Waals surface area contributed by atoms with Crippen LogP contribution in [-0.4, -0.2) is 32.3 Å². The molecule has 4 nitrogen and oxygen atoms in total. The molecule has 0 atom stereocenters. The zero-order valence-electron chi connectivity index (χ0n) is 17.8. The normalized spacial score (nSPS) is 13.6. The van der Waals surface area contributed by atoms with Crippen LogP contribution in [0.5, 0.6) is 0 Å². The number of hydrogen-bond acceptors (Lipinski definition) is 3. The van der Waals surface area contributed by atoms with E-state index in [1.54, 1.807) is 0 Å². The van der Waals surface area contributed by atoms with Gasteiger partial charge in [0.2, 0.25) is 0 Å². The number of sulfonamides is 1. The molecule has 0 aliphatic heterocycles. The summed E-state index contributed by atoms with van der Waals surface area (Å²) in [6, 6.07) is 21.2. The van der Waals surface area contributed by atoms with Gasteiger partial charge in [-0.1, -0.05) is 91.0 Å². The summed E-state index contributed by atoms with van der Waals surface area (Å²) in [4.78, 5) is 0. The van der Waals surface area contributed by atoms with E-state index < -0.39 is 41.0 Å². The first kappa shape index (κ1) is 27.8. The summed E-state index contributed by atoms with van der Waals surface area (Å²) in [6.45, 7) is 0. The van der Waals surface area contributed by atoms with Crippen LogP contribution in [0, 0.1) is 0 Å². The molecule has 0 bridgehead atoms. The molecule has 0 spiro atoms. The van der Waals surface area contributed by atoms with Crippen LogP contribution in [0.25, 0.3) is 0 Å². The Balaban J connectivity index is 2.38. The Morgan fingerprint density at radius 1 is 0.667 bits per heavy atom. The lowest BCUT2D eigenvalue weighted by atomic mass is 10.4. The highest BCUT2D eigenvalue weighted by Gasteiger charge is 2.72. The van der Waals surface area contributed by atoms with E-state index in [1.165, 1.54) is 91.0 Å². The van der Waals surface area contributed by atoms with E-state index in [9.17, 15) is 43.5 Å². The van der Waals surface area contributed by atoms with Crippen molar-refractivity contribution in [2.24, 2.45) is 4.15 Å². The van der Waals surface area contributed by atoms with Gasteiger partial charge in [-0.05, 0) is 0 Å². The summed E-state index contributed by atoms with van der Waals surface area (Å²) < 4.78 is 140. The predicted molar refractivity (Wildman–Crippen MR) is 118 cm³/mol. The van der Waals surface area contributed by atoms with E-state index >= 15 is 0 Å². The largest absolute Gasteiger partial charge is 0.455 e. The highest BCUT2D eigenvalue weighted by molar-refractivity contribution is 8.00. The Morgan fingerprint density at radius 2 is 1.00 bits per heavy atom. The minimum atomic E-state index is -6.73. The summed E-state index contributed by atoms with van der Waals surface area (Å²) in [6.07, 6.45) is -17.6. The van der Waals surface area contributed by atoms with Crippen molar-refractivity contribution in [2.45, 2.75) is 23.9 Å². The average molecular weight is 557 g/mol. The SMILES string of the molecule is O=S(=O)(N=P(c1ccccc1)(c1ccccc1)c1ccccc1)C(F)(F)C(F)(F)OC(F)(F)C(F)F. The van der Waals surface area contributed by atoms with Crippen LogP contribution >= 0.6 is 7.05 Å². The first-order chi connectivity index (χ1) is 16.7. The van der Waals surface area contributed by atoms with Crippen LogP contribution in [-0.2, 0) is 14.8 Å². The summed E-state index contributed by atoms with van der Waals surface area (Å²) in [5.41, 5.74) is 0. The molecule has 14 heteroatoms. The van der Waals surface area contributed by atoms with Crippen molar-refractivity contribution in [3.8, 4) is 0 Å². The van der Waals surface area contributed by atoms with E-state index in [1.807, 2.05) is 0 Å². The lowest BCUT2D eigenvalue weighted by molar-refractivity contribution is -0.435. The van der Waals surface area contributed by atoms with E-state index in [2.05, 4.69) is 8.89 Å². The molecule has 0 aliphatic rings. The van der Waals surface area contributed by atoms with Crippen molar-refractivity contribution < 1.29 is 48.3 Å². The number of ether oxygens (including phenoxy) is 1. The Kier molecular flexibility index (Phi) is 7.69. The van der Waals surface area contributed by atoms with Gasteiger partial charge in [-0.25, -0.2) is 13.5 Å². The van der Waals surface area contributed by atoms with Crippen LogP contribution < -0.4 is 15.9 Å². The first-order valence-corrected chi connectivity index (χ1v) is 13.0. The van der Waals surface area contributed by atoms with Crippen LogP contribution in [0.3, 0.4) is 0 Å². The number of nitrogens with zero attached hydrogens (tertiary/aromatic N) is 1. The van der Waals surface area contributed by atoms with Crippen LogP contribution in [0.1, 0.15) is 0 Å². The van der Waals surface area contributed by atoms with Crippen LogP contribution in [0.2, 0.25) is 0 Å². The highest BCUT2D eigenvalue weighted by Crippen LogP contribution is 2.52. The summed E-state index contributed by atoms with van der Waals surface area (Å²) in [5, 5.41) is -6.32. The zero-order valence-corrected chi connectivity index (χ0v) is 19.5. The maximum atomic E-state index is 14.7. The molecule has 0 aliphatic carbocycles. The van der Waals surface area contributed by atoms with Gasteiger partial charge in [0, 0.05) is 15.9 Å². The standard InChI is InChI=1S/C22H16F8NO3PS/c23-19(24)20(25,26)34-21(27,28)22(29,30)36(32,33)31-35(16-10-4-1-5-11-16,17-12-6-2-7-13-17)18-14-8-3-9-15-18/h1-15,19H. The van der Waals surface area contributed by atoms with E-state index in [0.717, 1.165) is 0 Å². The average Bonchev–Trinajstić information content (AvgIpc) is 2.83. The minimum absolute atomic E-state index is 0.0453. The van der Waals surface area contributed by atoms with Gasteiger partial charge in [0.1, 0.15) is 0 Å². The molecular weight excluding hydrogens is 541 g/mol. The maximum absolute atomic E-state index is 14.7. The van der Waals surface area contributed by atoms with Crippen molar-refractivity contribution in [3.05, 3.63) is 91.0 Å². The van der Waals surface area contributed by atoms with Crippen LogP contribution in [0.4, 0.5) is 35.1 Å². The minimum Gasteiger partial charge on any atom is -0.245 e. The van der Waals surface area contributed by atoms with Crippen molar-refractivity contribution in [1.29, 1.82) is 0 Å². The number of rotatable bonds is 9. The number of alkyl halides is 8. The second-order valence-corrected chi connectivity index (χ2v) is 12.1. The quantitative estimate of drug-likeness (QED) is 0.256. The zero-order chi connectivity index (χ0) is 26.8. The van der Waals surface area contributed by atoms with Crippen molar-refractivity contribution in [2.75, 3.05) is 0 Å². The molecule has 3 rings (SSSR count). The second-order valence-electron chi connectivity index (χ2n) is 7.20. The first-order valence-electron chi connectivity index (χ1n) is 9.84. The highest BCUT2D eigenvalue weighted by atomic mass is 32.2. The smallest absolute Gasteiger partial charge is 0.245 e. The Morgan fingerprint density at radius 3 is 1.31 bits per heavy atom. The van der Waals surface area contributed by atoms with E-state index in [-0.39, 0.29) is 15.9 Å². The van der Waals surface area contributed by atoms with Gasteiger partial charge in [0.25, 0.3) is 0 Å². The molecule has 0 unspecified atom stereocenters. The molecule has 3 aromatic carbocycles. The summed E-state index contributed by atoms with van der Waals surface area (Å²) in [5.74, 6) is 0. The van der Waals surface area contributed by atoms with Gasteiger partial charge in [-0.3, -0.25) is 0 Å². The van der Waals surface area contributed by atoms with Crippen molar-refractivity contribution in [3.63, 3.8) is 0 Å². The Bertz CT molecular complexity index is 1240. The van der Waals surface area contributed by atoms with Gasteiger partial charge < -0.3 is 0 Å². The fourth-order valence-electron chi connectivity index (χ4n) is 3.16. The predicted octanol–water partition coefficient (Wildman–Crippen LogP) is 5.55. The number of benzene rings is 3. The fourth-order valence-corrected chi connectivity index (χ4v) is 9.04.